The van der Waals surface area contributed by atoms with Crippen LogP contribution >= 0.6 is 0 Å². The van der Waals surface area contributed by atoms with Gasteiger partial charge in [-0.2, -0.15) is 4.98 Å². The smallest absolute Gasteiger partial charge is 0.407 e. The molecule has 0 saturated carbocycles. The molecule has 1 amide bonds. The highest BCUT2D eigenvalue weighted by Gasteiger charge is 2.41. The molecule has 2 saturated heterocycles. The fraction of sp³-hybridized carbons (Fsp3) is 0.533. The fourth-order valence-electron chi connectivity index (χ4n) is 3.18. The van der Waals surface area contributed by atoms with E-state index in [4.69, 9.17) is 13.7 Å². The summed E-state index contributed by atoms with van der Waals surface area (Å²) in [6.07, 6.45) is 3.93. The van der Waals surface area contributed by atoms with Crippen LogP contribution < -0.4 is 5.32 Å². The van der Waals surface area contributed by atoms with Crippen LogP contribution in [0.2, 0.25) is 0 Å². The number of carbonyl (C=O) groups excluding carboxylic acids is 1. The quantitative estimate of drug-likeness (QED) is 0.922. The monoisotopic (exact) mass is 318 g/mol. The largest absolute Gasteiger partial charge is 0.459 e. The van der Waals surface area contributed by atoms with Gasteiger partial charge in [0, 0.05) is 13.0 Å². The Bertz CT molecular complexity index is 683. The van der Waals surface area contributed by atoms with Gasteiger partial charge in [-0.25, -0.2) is 4.79 Å². The minimum atomic E-state index is -0.345. The van der Waals surface area contributed by atoms with Gasteiger partial charge in [-0.05, 0) is 31.5 Å². The van der Waals surface area contributed by atoms with Crippen molar-refractivity contribution in [3.8, 4) is 11.7 Å². The van der Waals surface area contributed by atoms with Crippen LogP contribution in [0.5, 0.6) is 0 Å². The van der Waals surface area contributed by atoms with E-state index < -0.39 is 0 Å². The standard InChI is InChI=1S/C15H18N4O4/c20-14-16-10-15(22-14)4-2-6-19(7-5-15)9-12-17-13(23-18-12)11-3-1-8-21-11/h1,3,8H,2,4-7,9-10H2,(H,16,20)/t15-/m0/s1. The van der Waals surface area contributed by atoms with Crippen LogP contribution in [0.1, 0.15) is 25.1 Å². The van der Waals surface area contributed by atoms with E-state index in [9.17, 15) is 4.79 Å². The summed E-state index contributed by atoms with van der Waals surface area (Å²) in [6, 6.07) is 3.57. The summed E-state index contributed by atoms with van der Waals surface area (Å²) in [7, 11) is 0. The molecule has 0 unspecified atom stereocenters. The molecule has 2 aromatic heterocycles. The number of rotatable bonds is 3. The maximum atomic E-state index is 11.3. The van der Waals surface area contributed by atoms with Crippen molar-refractivity contribution in [2.45, 2.75) is 31.4 Å². The predicted octanol–water partition coefficient (Wildman–Crippen LogP) is 1.79. The van der Waals surface area contributed by atoms with E-state index in [1.165, 1.54) is 0 Å². The first-order valence-electron chi connectivity index (χ1n) is 7.78. The Morgan fingerprint density at radius 3 is 3.09 bits per heavy atom. The van der Waals surface area contributed by atoms with Crippen LogP contribution in [0.15, 0.2) is 27.3 Å². The molecule has 0 radical (unpaired) electrons. The van der Waals surface area contributed by atoms with Crippen LogP contribution in [0, 0.1) is 0 Å². The Labute approximate surface area is 132 Å². The van der Waals surface area contributed by atoms with Crippen molar-refractivity contribution >= 4 is 6.09 Å². The first kappa shape index (κ1) is 14.3. The number of hydrogen-bond donors (Lipinski definition) is 1. The summed E-state index contributed by atoms with van der Waals surface area (Å²) in [4.78, 5) is 18.0. The van der Waals surface area contributed by atoms with Gasteiger partial charge in [0.05, 0.1) is 19.4 Å². The van der Waals surface area contributed by atoms with Crippen LogP contribution in [0.3, 0.4) is 0 Å². The Morgan fingerprint density at radius 1 is 1.35 bits per heavy atom. The zero-order valence-electron chi connectivity index (χ0n) is 12.7. The molecule has 2 aliphatic heterocycles. The van der Waals surface area contributed by atoms with Crippen molar-refractivity contribution in [1.82, 2.24) is 20.4 Å². The molecular formula is C15H18N4O4. The number of furan rings is 1. The van der Waals surface area contributed by atoms with E-state index in [1.54, 1.807) is 18.4 Å². The molecule has 8 nitrogen and oxygen atoms in total. The van der Waals surface area contributed by atoms with Gasteiger partial charge in [-0.3, -0.25) is 4.90 Å². The molecule has 0 bridgehead atoms. The van der Waals surface area contributed by atoms with Gasteiger partial charge in [0.1, 0.15) is 5.60 Å². The highest BCUT2D eigenvalue weighted by molar-refractivity contribution is 5.70. The second-order valence-corrected chi connectivity index (χ2v) is 6.05. The van der Waals surface area contributed by atoms with Crippen LogP contribution in [0.4, 0.5) is 4.79 Å². The molecule has 2 fully saturated rings. The third-order valence-electron chi connectivity index (χ3n) is 4.42. The number of alkyl carbamates (subject to hydrolysis) is 1. The Morgan fingerprint density at radius 2 is 2.30 bits per heavy atom. The molecule has 4 rings (SSSR count). The van der Waals surface area contributed by atoms with Gasteiger partial charge < -0.3 is 19.0 Å². The number of nitrogens with zero attached hydrogens (tertiary/aromatic N) is 3. The van der Waals surface area contributed by atoms with Crippen molar-refractivity contribution < 1.29 is 18.5 Å². The minimum absolute atomic E-state index is 0.306. The summed E-state index contributed by atoms with van der Waals surface area (Å²) in [6.45, 7) is 2.97. The lowest BCUT2D eigenvalue weighted by Gasteiger charge is -2.24. The lowest BCUT2D eigenvalue weighted by Crippen LogP contribution is -2.34. The third-order valence-corrected chi connectivity index (χ3v) is 4.42. The number of carbonyl (C=O) groups is 1. The first-order valence-corrected chi connectivity index (χ1v) is 7.78. The summed E-state index contributed by atoms with van der Waals surface area (Å²) in [5.41, 5.74) is -0.345. The molecule has 122 valence electrons. The van der Waals surface area contributed by atoms with E-state index >= 15 is 0 Å². The molecule has 2 aliphatic rings. The van der Waals surface area contributed by atoms with E-state index in [0.717, 1.165) is 32.4 Å². The van der Waals surface area contributed by atoms with Gasteiger partial charge in [-0.15, -0.1) is 0 Å². The average Bonchev–Trinajstić information content (AvgIpc) is 3.23. The van der Waals surface area contributed by atoms with Crippen molar-refractivity contribution in [3.05, 3.63) is 24.2 Å². The SMILES string of the molecule is O=C1NC[C@@]2(CCCN(Cc3noc(-c4ccco4)n3)CC2)O1. The highest BCUT2D eigenvalue weighted by atomic mass is 16.6. The predicted molar refractivity (Wildman–Crippen MR) is 78.3 cm³/mol. The lowest BCUT2D eigenvalue weighted by molar-refractivity contribution is 0.0442. The number of ether oxygens (including phenoxy) is 1. The molecule has 1 spiro atoms. The molecule has 8 heteroatoms. The Hall–Kier alpha value is -2.35. The summed E-state index contributed by atoms with van der Waals surface area (Å²) < 4.78 is 16.0. The fourth-order valence-corrected chi connectivity index (χ4v) is 3.18. The van der Waals surface area contributed by atoms with Gasteiger partial charge in [0.2, 0.25) is 0 Å². The third kappa shape index (κ3) is 2.94. The first-order chi connectivity index (χ1) is 11.2. The summed E-state index contributed by atoms with van der Waals surface area (Å²) >= 11 is 0. The Kier molecular flexibility index (Phi) is 3.53. The molecule has 4 heterocycles. The van der Waals surface area contributed by atoms with Gasteiger partial charge >= 0.3 is 6.09 Å². The zero-order valence-corrected chi connectivity index (χ0v) is 12.7. The summed E-state index contributed by atoms with van der Waals surface area (Å²) in [5, 5.41) is 6.77. The number of amides is 1. The van der Waals surface area contributed by atoms with Gasteiger partial charge in [0.15, 0.2) is 11.6 Å². The molecule has 1 N–H and O–H groups in total. The van der Waals surface area contributed by atoms with E-state index in [2.05, 4.69) is 20.4 Å². The lowest BCUT2D eigenvalue weighted by atomic mass is 9.95. The normalized spacial score (nSPS) is 25.3. The van der Waals surface area contributed by atoms with Gasteiger partial charge in [-0.1, -0.05) is 5.16 Å². The number of nitrogens with one attached hydrogen (secondary N) is 1. The molecule has 23 heavy (non-hydrogen) atoms. The topological polar surface area (TPSA) is 93.6 Å². The van der Waals surface area contributed by atoms with Crippen molar-refractivity contribution in [2.24, 2.45) is 0 Å². The van der Waals surface area contributed by atoms with E-state index in [-0.39, 0.29) is 11.7 Å². The van der Waals surface area contributed by atoms with Crippen LogP contribution in [-0.4, -0.2) is 46.4 Å². The molecular weight excluding hydrogens is 300 g/mol. The molecule has 1 atom stereocenters. The maximum absolute atomic E-state index is 11.3. The van der Waals surface area contributed by atoms with Crippen molar-refractivity contribution in [3.63, 3.8) is 0 Å². The highest BCUT2D eigenvalue weighted by Crippen LogP contribution is 2.29. The minimum Gasteiger partial charge on any atom is -0.459 e. The molecule has 2 aromatic rings. The number of aromatic nitrogens is 2. The van der Waals surface area contributed by atoms with Crippen molar-refractivity contribution in [1.29, 1.82) is 0 Å². The second-order valence-electron chi connectivity index (χ2n) is 6.05. The molecule has 0 aromatic carbocycles. The second kappa shape index (κ2) is 5.69. The van der Waals surface area contributed by atoms with Gasteiger partial charge in [0.25, 0.3) is 5.89 Å². The molecule has 0 aliphatic carbocycles. The average molecular weight is 318 g/mol. The maximum Gasteiger partial charge on any atom is 0.407 e. The summed E-state index contributed by atoms with van der Waals surface area (Å²) in [5.74, 6) is 1.60. The van der Waals surface area contributed by atoms with Crippen molar-refractivity contribution in [2.75, 3.05) is 19.6 Å². The van der Waals surface area contributed by atoms with E-state index in [1.807, 2.05) is 0 Å². The number of hydrogen-bond acceptors (Lipinski definition) is 7. The Balaban J connectivity index is 1.39. The number of likely N-dealkylation sites (tertiary alicyclic amines) is 1. The van der Waals surface area contributed by atoms with Crippen LogP contribution in [-0.2, 0) is 11.3 Å². The van der Waals surface area contributed by atoms with Crippen LogP contribution in [0.25, 0.3) is 11.7 Å². The van der Waals surface area contributed by atoms with E-state index in [0.29, 0.717) is 30.6 Å². The zero-order chi connectivity index (χ0) is 15.7.